The third-order valence-corrected chi connectivity index (χ3v) is 5.67. The number of rotatable bonds is 9. The molecular formula is C22H27ClN2O2S. The number of hydrogen-bond donors (Lipinski definition) is 1. The first kappa shape index (κ1) is 22.3. The van der Waals surface area contributed by atoms with Gasteiger partial charge in [-0.25, -0.2) is 0 Å². The normalized spacial score (nSPS) is 11.7. The van der Waals surface area contributed by atoms with E-state index in [-0.39, 0.29) is 11.8 Å². The highest BCUT2D eigenvalue weighted by Crippen LogP contribution is 2.19. The molecule has 2 amide bonds. The van der Waals surface area contributed by atoms with Gasteiger partial charge < -0.3 is 10.2 Å². The standard InChI is InChI=1S/C22H27ClN2O2S/c1-4-20(22(27)24-3)25(13-17-8-5-7-16(2)11-17)21(26)15-28-14-18-9-6-10-19(23)12-18/h5-12,20H,4,13-15H2,1-3H3,(H,24,27)/t20-/m0/s1. The average molecular weight is 419 g/mol. The predicted octanol–water partition coefficient (Wildman–Crippen LogP) is 4.44. The van der Waals surface area contributed by atoms with Crippen LogP contribution >= 0.6 is 23.4 Å². The van der Waals surface area contributed by atoms with Crippen molar-refractivity contribution in [2.75, 3.05) is 12.8 Å². The van der Waals surface area contributed by atoms with E-state index < -0.39 is 6.04 Å². The number of carbonyl (C=O) groups is 2. The molecular weight excluding hydrogens is 392 g/mol. The van der Waals surface area contributed by atoms with Crippen molar-refractivity contribution in [3.8, 4) is 0 Å². The first-order valence-electron chi connectivity index (χ1n) is 9.33. The summed E-state index contributed by atoms with van der Waals surface area (Å²) in [6, 6.07) is 15.2. The number of thioether (sulfide) groups is 1. The van der Waals surface area contributed by atoms with E-state index in [1.54, 1.807) is 11.9 Å². The lowest BCUT2D eigenvalue weighted by atomic mass is 10.1. The Hall–Kier alpha value is -1.98. The van der Waals surface area contributed by atoms with E-state index in [4.69, 9.17) is 11.6 Å². The Morgan fingerprint density at radius 2 is 1.86 bits per heavy atom. The largest absolute Gasteiger partial charge is 0.357 e. The fraction of sp³-hybridized carbons (Fsp3) is 0.364. The first-order chi connectivity index (χ1) is 13.4. The number of aryl methyl sites for hydroxylation is 1. The molecule has 0 saturated heterocycles. The maximum Gasteiger partial charge on any atom is 0.242 e. The minimum atomic E-state index is -0.482. The van der Waals surface area contributed by atoms with Gasteiger partial charge in [-0.15, -0.1) is 11.8 Å². The molecule has 0 aromatic heterocycles. The minimum absolute atomic E-state index is 0.0380. The number of nitrogens with zero attached hydrogens (tertiary/aromatic N) is 1. The monoisotopic (exact) mass is 418 g/mol. The van der Waals surface area contributed by atoms with Gasteiger partial charge in [-0.05, 0) is 36.6 Å². The van der Waals surface area contributed by atoms with Gasteiger partial charge in [0.1, 0.15) is 6.04 Å². The fourth-order valence-electron chi connectivity index (χ4n) is 3.06. The molecule has 0 heterocycles. The lowest BCUT2D eigenvalue weighted by Crippen LogP contribution is -2.48. The van der Waals surface area contributed by atoms with Crippen LogP contribution in [0.1, 0.15) is 30.0 Å². The predicted molar refractivity (Wildman–Crippen MR) is 117 cm³/mol. The van der Waals surface area contributed by atoms with Crippen LogP contribution < -0.4 is 5.32 Å². The molecule has 0 aliphatic rings. The number of nitrogens with one attached hydrogen (secondary N) is 1. The van der Waals surface area contributed by atoms with E-state index >= 15 is 0 Å². The molecule has 0 radical (unpaired) electrons. The highest BCUT2D eigenvalue weighted by Gasteiger charge is 2.27. The van der Waals surface area contributed by atoms with Crippen molar-refractivity contribution >= 4 is 35.2 Å². The fourth-order valence-corrected chi connectivity index (χ4v) is 4.13. The van der Waals surface area contributed by atoms with Gasteiger partial charge >= 0.3 is 0 Å². The number of halogens is 1. The van der Waals surface area contributed by atoms with E-state index in [0.29, 0.717) is 29.5 Å². The van der Waals surface area contributed by atoms with Gasteiger partial charge in [0.15, 0.2) is 0 Å². The number of likely N-dealkylation sites (N-methyl/N-ethyl adjacent to an activating group) is 1. The van der Waals surface area contributed by atoms with Crippen molar-refractivity contribution < 1.29 is 9.59 Å². The topological polar surface area (TPSA) is 49.4 Å². The van der Waals surface area contributed by atoms with Crippen molar-refractivity contribution in [3.63, 3.8) is 0 Å². The Labute approximate surface area is 176 Å². The summed E-state index contributed by atoms with van der Waals surface area (Å²) in [5.41, 5.74) is 3.23. The van der Waals surface area contributed by atoms with Crippen LogP contribution in [-0.2, 0) is 21.9 Å². The molecule has 0 spiro atoms. The first-order valence-corrected chi connectivity index (χ1v) is 10.9. The summed E-state index contributed by atoms with van der Waals surface area (Å²) in [7, 11) is 1.61. The molecule has 6 heteroatoms. The highest BCUT2D eigenvalue weighted by atomic mass is 35.5. The molecule has 28 heavy (non-hydrogen) atoms. The third-order valence-electron chi connectivity index (χ3n) is 4.45. The second-order valence-electron chi connectivity index (χ2n) is 6.67. The van der Waals surface area contributed by atoms with Gasteiger partial charge in [0.2, 0.25) is 11.8 Å². The summed E-state index contributed by atoms with van der Waals surface area (Å²) in [4.78, 5) is 27.1. The van der Waals surface area contributed by atoms with E-state index in [2.05, 4.69) is 11.4 Å². The van der Waals surface area contributed by atoms with E-state index in [1.807, 2.05) is 56.3 Å². The zero-order chi connectivity index (χ0) is 20.5. The van der Waals surface area contributed by atoms with Crippen LogP contribution in [-0.4, -0.2) is 35.6 Å². The maximum absolute atomic E-state index is 13.0. The molecule has 0 aliphatic heterocycles. The molecule has 0 aliphatic carbocycles. The van der Waals surface area contributed by atoms with Gasteiger partial charge in [-0.3, -0.25) is 9.59 Å². The van der Waals surface area contributed by atoms with Gasteiger partial charge in [0.05, 0.1) is 5.75 Å². The smallest absolute Gasteiger partial charge is 0.242 e. The Kier molecular flexibility index (Phi) is 8.87. The van der Waals surface area contributed by atoms with Gasteiger partial charge in [0, 0.05) is 24.4 Å². The van der Waals surface area contributed by atoms with E-state index in [9.17, 15) is 9.59 Å². The van der Waals surface area contributed by atoms with Crippen LogP contribution in [0.25, 0.3) is 0 Å². The molecule has 0 bridgehead atoms. The molecule has 0 fully saturated rings. The second-order valence-corrected chi connectivity index (χ2v) is 8.09. The van der Waals surface area contributed by atoms with Crippen LogP contribution in [0.5, 0.6) is 0 Å². The Morgan fingerprint density at radius 3 is 2.50 bits per heavy atom. The average Bonchev–Trinajstić information content (AvgIpc) is 2.67. The van der Waals surface area contributed by atoms with Crippen LogP contribution in [0.3, 0.4) is 0 Å². The number of amides is 2. The van der Waals surface area contributed by atoms with Crippen LogP contribution in [0, 0.1) is 6.92 Å². The summed E-state index contributed by atoms with van der Waals surface area (Å²) in [5.74, 6) is 0.833. The number of benzene rings is 2. The Bertz CT molecular complexity index is 813. The van der Waals surface area contributed by atoms with Crippen molar-refractivity contribution in [2.45, 2.75) is 38.6 Å². The maximum atomic E-state index is 13.0. The highest BCUT2D eigenvalue weighted by molar-refractivity contribution is 7.99. The molecule has 0 unspecified atom stereocenters. The van der Waals surface area contributed by atoms with Gasteiger partial charge in [0.25, 0.3) is 0 Å². The molecule has 2 aromatic carbocycles. The quantitative estimate of drug-likeness (QED) is 0.655. The van der Waals surface area contributed by atoms with Crippen molar-refractivity contribution in [3.05, 3.63) is 70.2 Å². The Morgan fingerprint density at radius 1 is 1.14 bits per heavy atom. The molecule has 2 rings (SSSR count). The van der Waals surface area contributed by atoms with E-state index in [1.165, 1.54) is 11.8 Å². The zero-order valence-corrected chi connectivity index (χ0v) is 18.1. The Balaban J connectivity index is 2.10. The van der Waals surface area contributed by atoms with Crippen LogP contribution in [0.4, 0.5) is 0 Å². The summed E-state index contributed by atoms with van der Waals surface area (Å²) >= 11 is 7.55. The van der Waals surface area contributed by atoms with Crippen molar-refractivity contribution in [2.24, 2.45) is 0 Å². The second kappa shape index (κ2) is 11.1. The molecule has 2 aromatic rings. The third kappa shape index (κ3) is 6.57. The summed E-state index contributed by atoms with van der Waals surface area (Å²) < 4.78 is 0. The van der Waals surface area contributed by atoms with Crippen molar-refractivity contribution in [1.82, 2.24) is 10.2 Å². The zero-order valence-electron chi connectivity index (χ0n) is 16.6. The lowest BCUT2D eigenvalue weighted by molar-refractivity contribution is -0.139. The summed E-state index contributed by atoms with van der Waals surface area (Å²) in [5, 5.41) is 3.37. The van der Waals surface area contributed by atoms with Gasteiger partial charge in [-0.1, -0.05) is 60.5 Å². The molecule has 0 saturated carbocycles. The number of hydrogen-bond acceptors (Lipinski definition) is 3. The number of carbonyl (C=O) groups excluding carboxylic acids is 2. The molecule has 1 atom stereocenters. The minimum Gasteiger partial charge on any atom is -0.357 e. The van der Waals surface area contributed by atoms with Crippen LogP contribution in [0.15, 0.2) is 48.5 Å². The van der Waals surface area contributed by atoms with Crippen LogP contribution in [0.2, 0.25) is 5.02 Å². The van der Waals surface area contributed by atoms with E-state index in [0.717, 1.165) is 16.7 Å². The van der Waals surface area contributed by atoms with Crippen molar-refractivity contribution in [1.29, 1.82) is 0 Å². The molecule has 1 N–H and O–H groups in total. The summed E-state index contributed by atoms with van der Waals surface area (Å²) in [6.07, 6.45) is 0.566. The lowest BCUT2D eigenvalue weighted by Gasteiger charge is -2.30. The summed E-state index contributed by atoms with van der Waals surface area (Å²) in [6.45, 7) is 4.37. The molecule has 4 nitrogen and oxygen atoms in total. The molecule has 150 valence electrons. The SMILES string of the molecule is CC[C@@H](C(=O)NC)N(Cc1cccc(C)c1)C(=O)CSCc1cccc(Cl)c1. The van der Waals surface area contributed by atoms with Gasteiger partial charge in [-0.2, -0.15) is 0 Å².